The Kier molecular flexibility index (Phi) is 12.5. The maximum atomic E-state index is 3.00. The van der Waals surface area contributed by atoms with Crippen LogP contribution in [0.5, 0.6) is 0 Å². The van der Waals surface area contributed by atoms with E-state index in [1.807, 2.05) is 0 Å². The molecule has 0 N–H and O–H groups in total. The molecule has 8 aliphatic rings. The van der Waals surface area contributed by atoms with Crippen molar-refractivity contribution in [3.05, 3.63) is 36.5 Å². The van der Waals surface area contributed by atoms with Crippen molar-refractivity contribution in [2.45, 2.75) is 166 Å². The van der Waals surface area contributed by atoms with Crippen LogP contribution in [0, 0.1) is 33.5 Å². The molecular formula is C37H68. The van der Waals surface area contributed by atoms with Gasteiger partial charge in [0.15, 0.2) is 0 Å². The summed E-state index contributed by atoms with van der Waals surface area (Å²) in [5.41, 5.74) is 6.77. The van der Waals surface area contributed by atoms with Crippen LogP contribution in [0.25, 0.3) is 0 Å². The van der Waals surface area contributed by atoms with Gasteiger partial charge in [-0.2, -0.15) is 0 Å². The molecule has 0 radical (unpaired) electrons. The molecule has 0 nitrogen and oxygen atoms in total. The largest absolute Gasteiger partial charge is 0.106 e. The Morgan fingerprint density at radius 2 is 1.16 bits per heavy atom. The van der Waals surface area contributed by atoms with Crippen LogP contribution in [0.15, 0.2) is 36.5 Å². The molecule has 0 saturated heterocycles. The first-order valence-electron chi connectivity index (χ1n) is 15.1. The van der Waals surface area contributed by atoms with Crippen molar-refractivity contribution < 1.29 is 0 Å². The number of allylic oxidation sites excluding steroid dienone is 4. The van der Waals surface area contributed by atoms with Crippen molar-refractivity contribution in [3.63, 3.8) is 0 Å². The second kappa shape index (κ2) is 13.5. The lowest BCUT2D eigenvalue weighted by Gasteiger charge is -2.22. The minimum absolute atomic E-state index is 0. The van der Waals surface area contributed by atoms with Gasteiger partial charge in [-0.1, -0.05) is 91.5 Å². The van der Waals surface area contributed by atoms with Gasteiger partial charge in [-0.15, -0.1) is 13.2 Å². The van der Waals surface area contributed by atoms with Crippen LogP contribution in [0.3, 0.4) is 0 Å². The molecule has 0 spiro atoms. The Morgan fingerprint density at radius 3 is 1.59 bits per heavy atom. The number of hydrogen-bond acceptors (Lipinski definition) is 0. The summed E-state index contributed by atoms with van der Waals surface area (Å²) in [5.74, 6) is 2.13. The van der Waals surface area contributed by atoms with E-state index in [1.54, 1.807) is 56.1 Å². The molecule has 0 aromatic heterocycles. The zero-order valence-corrected chi connectivity index (χ0v) is 23.5. The topological polar surface area (TPSA) is 0 Å². The van der Waals surface area contributed by atoms with E-state index in [0.717, 1.165) is 33.5 Å². The second-order valence-corrected chi connectivity index (χ2v) is 14.1. The summed E-state index contributed by atoms with van der Waals surface area (Å²) >= 11 is 0. The molecule has 6 saturated carbocycles. The van der Waals surface area contributed by atoms with Crippen LogP contribution < -0.4 is 0 Å². The van der Waals surface area contributed by atoms with E-state index in [1.165, 1.54) is 70.6 Å². The highest BCUT2D eigenvalue weighted by atomic mass is 14.8. The van der Waals surface area contributed by atoms with Gasteiger partial charge in [0.2, 0.25) is 0 Å². The van der Waals surface area contributed by atoms with Gasteiger partial charge in [-0.25, -0.2) is 0 Å². The van der Waals surface area contributed by atoms with Gasteiger partial charge in [0.05, 0.1) is 0 Å². The summed E-state index contributed by atoms with van der Waals surface area (Å²) in [6.07, 6.45) is 31.8. The molecule has 0 aliphatic heterocycles. The van der Waals surface area contributed by atoms with Crippen LogP contribution in [-0.4, -0.2) is 0 Å². The zero-order chi connectivity index (χ0) is 24.5. The standard InChI is InChI=1S/C11H16.C10H16.C6H10.C5H10.C2H4.3CH4/c1-9-3-6-10-4-2-5-11(10,7-9)8-10;1-8-5-9-3-2-4-10(9,6-8)7-9;1-6-4-2-3-5-6;1-5-3-2-4-5;1-2;;;/h3H,2,4-8H2,1H3;8H,2-7H2,1H3;4H,2-3,5H2,1H3;5H,2-4H2,1H3;1-2H2;3*1H4. The van der Waals surface area contributed by atoms with Crippen LogP contribution in [0.4, 0.5) is 0 Å². The molecule has 6 fully saturated rings. The molecule has 0 bridgehead atoms. The quantitative estimate of drug-likeness (QED) is 0.283. The lowest BCUT2D eigenvalue weighted by Crippen LogP contribution is -2.11. The van der Waals surface area contributed by atoms with E-state index in [2.05, 4.69) is 53.0 Å². The van der Waals surface area contributed by atoms with E-state index < -0.39 is 0 Å². The number of hydrogen-bond donors (Lipinski definition) is 0. The van der Waals surface area contributed by atoms with Crippen molar-refractivity contribution in [1.29, 1.82) is 0 Å². The fraction of sp³-hybridized carbons (Fsp3) is 0.838. The Balaban J connectivity index is 0.000000245. The van der Waals surface area contributed by atoms with Gasteiger partial charge in [-0.05, 0) is 131 Å². The van der Waals surface area contributed by atoms with Crippen LogP contribution in [0.2, 0.25) is 0 Å². The molecule has 37 heavy (non-hydrogen) atoms. The maximum absolute atomic E-state index is 3.00. The molecular weight excluding hydrogens is 444 g/mol. The van der Waals surface area contributed by atoms with Crippen molar-refractivity contribution in [1.82, 2.24) is 0 Å². The Labute approximate surface area is 235 Å². The van der Waals surface area contributed by atoms with Crippen molar-refractivity contribution in [2.24, 2.45) is 33.5 Å². The van der Waals surface area contributed by atoms with Gasteiger partial charge in [0, 0.05) is 0 Å². The molecule has 0 aromatic carbocycles. The predicted octanol–water partition coefficient (Wildman–Crippen LogP) is 12.9. The number of rotatable bonds is 0. The third kappa shape index (κ3) is 6.87. The predicted molar refractivity (Wildman–Crippen MR) is 170 cm³/mol. The highest BCUT2D eigenvalue weighted by Gasteiger charge is 2.72. The summed E-state index contributed by atoms with van der Waals surface area (Å²) < 4.78 is 0. The summed E-state index contributed by atoms with van der Waals surface area (Å²) in [4.78, 5) is 0. The van der Waals surface area contributed by atoms with Crippen molar-refractivity contribution in [2.75, 3.05) is 0 Å². The SMILES string of the molecule is C.C.C.C=C.CC1=CCC23CCCC2(C1)C3.CC1=CCCC1.CC1CC23CCCC2(C1)C3.CC1CCC1. The molecule has 216 valence electrons. The minimum Gasteiger partial charge on any atom is -0.106 e. The van der Waals surface area contributed by atoms with Gasteiger partial charge in [0.1, 0.15) is 0 Å². The van der Waals surface area contributed by atoms with E-state index in [4.69, 9.17) is 0 Å². The first-order chi connectivity index (χ1) is 16.3. The van der Waals surface area contributed by atoms with Gasteiger partial charge in [0.25, 0.3) is 0 Å². The fourth-order valence-electron chi connectivity index (χ4n) is 9.49. The summed E-state index contributed by atoms with van der Waals surface area (Å²) in [6.45, 7) is 15.3. The average Bonchev–Trinajstić information content (AvgIpc) is 3.19. The second-order valence-electron chi connectivity index (χ2n) is 14.1. The molecule has 0 heterocycles. The summed E-state index contributed by atoms with van der Waals surface area (Å²) in [6, 6.07) is 0. The first-order valence-corrected chi connectivity index (χ1v) is 15.1. The smallest absolute Gasteiger partial charge is 0.0195 e. The van der Waals surface area contributed by atoms with Crippen molar-refractivity contribution >= 4 is 0 Å². The van der Waals surface area contributed by atoms with Gasteiger partial charge < -0.3 is 0 Å². The third-order valence-electron chi connectivity index (χ3n) is 11.6. The van der Waals surface area contributed by atoms with Gasteiger partial charge in [-0.3, -0.25) is 0 Å². The van der Waals surface area contributed by atoms with Crippen molar-refractivity contribution in [3.8, 4) is 0 Å². The van der Waals surface area contributed by atoms with Gasteiger partial charge >= 0.3 is 0 Å². The molecule has 4 unspecified atom stereocenters. The Morgan fingerprint density at radius 1 is 0.649 bits per heavy atom. The van der Waals surface area contributed by atoms with E-state index in [9.17, 15) is 0 Å². The van der Waals surface area contributed by atoms with E-state index >= 15 is 0 Å². The maximum Gasteiger partial charge on any atom is -0.0195 e. The molecule has 0 amide bonds. The monoisotopic (exact) mass is 513 g/mol. The normalized spacial score (nSPS) is 40.1. The zero-order valence-electron chi connectivity index (χ0n) is 23.5. The van der Waals surface area contributed by atoms with E-state index in [0.29, 0.717) is 0 Å². The molecule has 0 heteroatoms. The molecule has 4 atom stereocenters. The average molecular weight is 513 g/mol. The van der Waals surface area contributed by atoms with Crippen LogP contribution in [0.1, 0.15) is 166 Å². The molecule has 8 rings (SSSR count). The van der Waals surface area contributed by atoms with E-state index in [-0.39, 0.29) is 22.3 Å². The first kappa shape index (κ1) is 34.2. The fourth-order valence-corrected chi connectivity index (χ4v) is 9.49. The van der Waals surface area contributed by atoms with Crippen LogP contribution >= 0.6 is 0 Å². The molecule has 8 aliphatic carbocycles. The molecule has 0 aromatic rings. The summed E-state index contributed by atoms with van der Waals surface area (Å²) in [7, 11) is 0. The minimum atomic E-state index is 0. The summed E-state index contributed by atoms with van der Waals surface area (Å²) in [5, 5.41) is 0. The Hall–Kier alpha value is -0.780. The highest BCUT2D eigenvalue weighted by molar-refractivity contribution is 5.28. The Bertz CT molecular complexity index is 741. The highest BCUT2D eigenvalue weighted by Crippen LogP contribution is 2.82. The lowest BCUT2D eigenvalue weighted by molar-refractivity contribution is 0.346. The third-order valence-corrected chi connectivity index (χ3v) is 11.6. The lowest BCUT2D eigenvalue weighted by atomic mass is 9.83. The van der Waals surface area contributed by atoms with Crippen LogP contribution in [-0.2, 0) is 0 Å².